The zero-order valence-electron chi connectivity index (χ0n) is 17.4. The summed E-state index contributed by atoms with van der Waals surface area (Å²) in [6.45, 7) is 0. The number of carbonyl (C=O) groups excluding carboxylic acids is 2. The van der Waals surface area contributed by atoms with Gasteiger partial charge in [0, 0.05) is 36.1 Å². The molecule has 1 aromatic heterocycles. The van der Waals surface area contributed by atoms with Crippen LogP contribution in [0.15, 0.2) is 72.9 Å². The summed E-state index contributed by atoms with van der Waals surface area (Å²) in [7, 11) is 1.40. The molecule has 0 spiro atoms. The van der Waals surface area contributed by atoms with Crippen LogP contribution in [0.4, 0.5) is 24.7 Å². The molecule has 0 saturated carbocycles. The minimum absolute atomic E-state index is 0.110. The number of nitrogens with zero attached hydrogens (tertiary/aromatic N) is 2. The normalized spacial score (nSPS) is 11.1. The van der Waals surface area contributed by atoms with E-state index in [0.717, 1.165) is 17.0 Å². The first-order valence-electron chi connectivity index (χ1n) is 9.64. The van der Waals surface area contributed by atoms with Gasteiger partial charge in [-0.1, -0.05) is 24.1 Å². The number of alkyl halides is 3. The average molecular weight is 449 g/mol. The number of amides is 2. The van der Waals surface area contributed by atoms with E-state index >= 15 is 0 Å². The summed E-state index contributed by atoms with van der Waals surface area (Å²) in [4.78, 5) is 30.1. The molecule has 5 nitrogen and oxygen atoms in total. The third kappa shape index (κ3) is 6.08. The van der Waals surface area contributed by atoms with E-state index in [4.69, 9.17) is 6.42 Å². The standard InChI is InChI=1S/C25H18F3N3O2/c1-3-17-10-12-22(29-16-17)30-23(32)13-11-18-6-4-7-19(14-18)24(33)31(2)21-9-5-8-20(15-21)25(26,27)28/h1,4-16H,2H3,(H,29,30,32)/b13-11+. The SMILES string of the molecule is C#Cc1ccc(NC(=O)/C=C/c2cccc(C(=O)N(C)c3cccc(C(F)(F)F)c3)c2)nc1. The summed E-state index contributed by atoms with van der Waals surface area (Å²) in [6.07, 6.45) is 4.99. The molecular formula is C25H18F3N3O2. The van der Waals surface area contributed by atoms with Crippen LogP contribution < -0.4 is 10.2 Å². The number of carbonyl (C=O) groups is 2. The number of benzene rings is 2. The fourth-order valence-corrected chi connectivity index (χ4v) is 2.87. The van der Waals surface area contributed by atoms with Crippen LogP contribution in [0.1, 0.15) is 27.0 Å². The van der Waals surface area contributed by atoms with Crippen molar-refractivity contribution in [2.24, 2.45) is 0 Å². The number of hydrogen-bond donors (Lipinski definition) is 1. The first-order valence-corrected chi connectivity index (χ1v) is 9.64. The lowest BCUT2D eigenvalue weighted by atomic mass is 10.1. The Morgan fingerprint density at radius 2 is 1.85 bits per heavy atom. The summed E-state index contributed by atoms with van der Waals surface area (Å²) in [5, 5.41) is 2.59. The van der Waals surface area contributed by atoms with Gasteiger partial charge in [-0.3, -0.25) is 9.59 Å². The smallest absolute Gasteiger partial charge is 0.311 e. The van der Waals surface area contributed by atoms with E-state index in [0.29, 0.717) is 16.9 Å². The van der Waals surface area contributed by atoms with Gasteiger partial charge >= 0.3 is 6.18 Å². The predicted molar refractivity (Wildman–Crippen MR) is 120 cm³/mol. The van der Waals surface area contributed by atoms with Crippen molar-refractivity contribution in [3.8, 4) is 12.3 Å². The summed E-state index contributed by atoms with van der Waals surface area (Å²) in [5.74, 6) is 1.82. The first kappa shape index (κ1) is 23.3. The maximum Gasteiger partial charge on any atom is 0.416 e. The fourth-order valence-electron chi connectivity index (χ4n) is 2.87. The van der Waals surface area contributed by atoms with Crippen molar-refractivity contribution in [2.75, 3.05) is 17.3 Å². The second-order valence-electron chi connectivity index (χ2n) is 6.94. The van der Waals surface area contributed by atoms with E-state index in [1.165, 1.54) is 43.6 Å². The molecule has 0 unspecified atom stereocenters. The molecule has 3 aromatic rings. The number of terminal acetylenes is 1. The number of pyridine rings is 1. The van der Waals surface area contributed by atoms with E-state index in [2.05, 4.69) is 16.2 Å². The maximum atomic E-state index is 13.0. The van der Waals surface area contributed by atoms with E-state index in [-0.39, 0.29) is 11.3 Å². The summed E-state index contributed by atoms with van der Waals surface area (Å²) < 4.78 is 38.9. The molecule has 3 rings (SSSR count). The third-order valence-electron chi connectivity index (χ3n) is 4.61. The monoisotopic (exact) mass is 449 g/mol. The highest BCUT2D eigenvalue weighted by Gasteiger charge is 2.31. The molecule has 0 atom stereocenters. The number of hydrogen-bond acceptors (Lipinski definition) is 3. The lowest BCUT2D eigenvalue weighted by Gasteiger charge is -2.19. The molecule has 166 valence electrons. The summed E-state index contributed by atoms with van der Waals surface area (Å²) in [6, 6.07) is 14.1. The molecule has 8 heteroatoms. The predicted octanol–water partition coefficient (Wildman–Crippen LogP) is 5.01. The number of halogens is 3. The van der Waals surface area contributed by atoms with Crippen molar-refractivity contribution < 1.29 is 22.8 Å². The lowest BCUT2D eigenvalue weighted by Crippen LogP contribution is -2.26. The molecule has 0 aliphatic carbocycles. The highest BCUT2D eigenvalue weighted by molar-refractivity contribution is 6.06. The Morgan fingerprint density at radius 3 is 2.52 bits per heavy atom. The minimum atomic E-state index is -4.51. The molecule has 0 aliphatic rings. The van der Waals surface area contributed by atoms with Gasteiger partial charge in [-0.15, -0.1) is 6.42 Å². The summed E-state index contributed by atoms with van der Waals surface area (Å²) in [5.41, 5.74) is 0.664. The highest BCUT2D eigenvalue weighted by atomic mass is 19.4. The third-order valence-corrected chi connectivity index (χ3v) is 4.61. The molecule has 2 aromatic carbocycles. The Labute approximate surface area is 188 Å². The van der Waals surface area contributed by atoms with Crippen LogP contribution in [0.3, 0.4) is 0 Å². The van der Waals surface area contributed by atoms with Gasteiger partial charge < -0.3 is 10.2 Å². The highest BCUT2D eigenvalue weighted by Crippen LogP contribution is 2.31. The van der Waals surface area contributed by atoms with Crippen molar-refractivity contribution in [3.05, 3.63) is 95.2 Å². The molecule has 33 heavy (non-hydrogen) atoms. The van der Waals surface area contributed by atoms with Gasteiger partial charge in [0.1, 0.15) is 5.82 Å². The molecule has 0 aliphatic heterocycles. The van der Waals surface area contributed by atoms with Crippen LogP contribution in [-0.4, -0.2) is 23.8 Å². The van der Waals surface area contributed by atoms with Crippen molar-refractivity contribution >= 4 is 29.4 Å². The number of nitrogens with one attached hydrogen (secondary N) is 1. The Bertz CT molecular complexity index is 1240. The number of aromatic nitrogens is 1. The van der Waals surface area contributed by atoms with Gasteiger partial charge in [0.2, 0.25) is 5.91 Å². The quantitative estimate of drug-likeness (QED) is 0.440. The van der Waals surface area contributed by atoms with E-state index in [1.807, 2.05) is 0 Å². The van der Waals surface area contributed by atoms with Gasteiger partial charge in [-0.2, -0.15) is 13.2 Å². The second kappa shape index (κ2) is 9.83. The topological polar surface area (TPSA) is 62.3 Å². The van der Waals surface area contributed by atoms with Gasteiger partial charge in [0.25, 0.3) is 5.91 Å². The van der Waals surface area contributed by atoms with Crippen molar-refractivity contribution in [3.63, 3.8) is 0 Å². The maximum absolute atomic E-state index is 13.0. The van der Waals surface area contributed by atoms with Crippen LogP contribution in [0.5, 0.6) is 0 Å². The zero-order valence-corrected chi connectivity index (χ0v) is 17.4. The van der Waals surface area contributed by atoms with Gasteiger partial charge in [-0.05, 0) is 54.1 Å². The van der Waals surface area contributed by atoms with Crippen molar-refractivity contribution in [1.29, 1.82) is 0 Å². The summed E-state index contributed by atoms with van der Waals surface area (Å²) >= 11 is 0. The minimum Gasteiger partial charge on any atom is -0.311 e. The van der Waals surface area contributed by atoms with E-state index in [9.17, 15) is 22.8 Å². The molecule has 1 heterocycles. The van der Waals surface area contributed by atoms with Crippen molar-refractivity contribution in [2.45, 2.75) is 6.18 Å². The molecule has 0 fully saturated rings. The van der Waals surface area contributed by atoms with E-state index < -0.39 is 23.6 Å². The van der Waals surface area contributed by atoms with E-state index in [1.54, 1.807) is 30.3 Å². The molecule has 1 N–H and O–H groups in total. The lowest BCUT2D eigenvalue weighted by molar-refractivity contribution is -0.137. The van der Waals surface area contributed by atoms with Crippen LogP contribution in [-0.2, 0) is 11.0 Å². The molecule has 0 bridgehead atoms. The van der Waals surface area contributed by atoms with Crippen LogP contribution in [0.25, 0.3) is 6.08 Å². The van der Waals surface area contributed by atoms with Crippen LogP contribution in [0.2, 0.25) is 0 Å². The largest absolute Gasteiger partial charge is 0.416 e. The Hall–Kier alpha value is -4.38. The van der Waals surface area contributed by atoms with Gasteiger partial charge in [0.15, 0.2) is 0 Å². The second-order valence-corrected chi connectivity index (χ2v) is 6.94. The van der Waals surface area contributed by atoms with Gasteiger partial charge in [-0.25, -0.2) is 4.98 Å². The van der Waals surface area contributed by atoms with Gasteiger partial charge in [0.05, 0.1) is 5.56 Å². The number of anilines is 2. The molecule has 0 saturated heterocycles. The Morgan fingerprint density at radius 1 is 1.09 bits per heavy atom. The van der Waals surface area contributed by atoms with Crippen molar-refractivity contribution in [1.82, 2.24) is 4.98 Å². The first-order chi connectivity index (χ1) is 15.7. The van der Waals surface area contributed by atoms with Crippen LogP contribution in [0, 0.1) is 12.3 Å². The number of rotatable bonds is 5. The average Bonchev–Trinajstić information content (AvgIpc) is 2.82. The molecule has 0 radical (unpaired) electrons. The molecular weight excluding hydrogens is 431 g/mol. The Balaban J connectivity index is 1.71. The fraction of sp³-hybridized carbons (Fsp3) is 0.0800. The molecule has 2 amide bonds. The zero-order chi connectivity index (χ0) is 24.0. The van der Waals surface area contributed by atoms with Crippen LogP contribution >= 0.6 is 0 Å². The Kier molecular flexibility index (Phi) is 6.94.